The van der Waals surface area contributed by atoms with Gasteiger partial charge in [0.1, 0.15) is 17.1 Å². The Bertz CT molecular complexity index is 980. The minimum absolute atomic E-state index is 0.0106. The van der Waals surface area contributed by atoms with E-state index in [9.17, 15) is 17.6 Å². The molecule has 1 aromatic carbocycles. The van der Waals surface area contributed by atoms with E-state index in [1.807, 2.05) is 0 Å². The van der Waals surface area contributed by atoms with Crippen LogP contribution in [0, 0.1) is 5.82 Å². The number of sulfonamides is 1. The topological polar surface area (TPSA) is 96.6 Å². The lowest BCUT2D eigenvalue weighted by molar-refractivity contribution is -0.129. The van der Waals surface area contributed by atoms with E-state index < -0.39 is 15.8 Å². The summed E-state index contributed by atoms with van der Waals surface area (Å²) in [4.78, 5) is 13.7. The fraction of sp³-hybridized carbons (Fsp3) is 0.526. The van der Waals surface area contributed by atoms with Gasteiger partial charge < -0.3 is 9.32 Å². The van der Waals surface area contributed by atoms with E-state index in [-0.39, 0.29) is 36.2 Å². The standard InChI is InChI=1S/C19H23FN4O4S/c20-15-5-1-2-6-16(15)29(26,27)24-11-7-14(8-12-24)19-22-21-17(28-19)13-18(25)23-9-3-4-10-23/h1-2,5-6,14H,3-4,7-13H2. The van der Waals surface area contributed by atoms with Gasteiger partial charge in [-0.1, -0.05) is 12.1 Å². The molecule has 0 radical (unpaired) electrons. The molecule has 4 rings (SSSR count). The van der Waals surface area contributed by atoms with Crippen LogP contribution in [-0.2, 0) is 21.2 Å². The van der Waals surface area contributed by atoms with Gasteiger partial charge >= 0.3 is 0 Å². The largest absolute Gasteiger partial charge is 0.424 e. The van der Waals surface area contributed by atoms with E-state index in [1.165, 1.54) is 22.5 Å². The van der Waals surface area contributed by atoms with E-state index in [1.54, 1.807) is 4.90 Å². The molecule has 8 nitrogen and oxygen atoms in total. The van der Waals surface area contributed by atoms with Crippen LogP contribution < -0.4 is 0 Å². The van der Waals surface area contributed by atoms with Gasteiger partial charge in [0.25, 0.3) is 0 Å². The summed E-state index contributed by atoms with van der Waals surface area (Å²) in [6, 6.07) is 5.38. The highest BCUT2D eigenvalue weighted by atomic mass is 32.2. The lowest BCUT2D eigenvalue weighted by Crippen LogP contribution is -2.38. The zero-order valence-corrected chi connectivity index (χ0v) is 16.8. The fourth-order valence-electron chi connectivity index (χ4n) is 3.85. The number of nitrogens with zero attached hydrogens (tertiary/aromatic N) is 4. The van der Waals surface area contributed by atoms with Gasteiger partial charge in [-0.15, -0.1) is 10.2 Å². The molecule has 2 aromatic rings. The zero-order valence-electron chi connectivity index (χ0n) is 16.0. The van der Waals surface area contributed by atoms with Gasteiger partial charge in [-0.25, -0.2) is 12.8 Å². The van der Waals surface area contributed by atoms with Crippen LogP contribution in [0.5, 0.6) is 0 Å². The molecular formula is C19H23FN4O4S. The van der Waals surface area contributed by atoms with Crippen molar-refractivity contribution in [3.05, 3.63) is 41.9 Å². The van der Waals surface area contributed by atoms with Crippen LogP contribution >= 0.6 is 0 Å². The van der Waals surface area contributed by atoms with E-state index in [2.05, 4.69) is 10.2 Å². The Labute approximate surface area is 168 Å². The first kappa shape index (κ1) is 20.0. The van der Waals surface area contributed by atoms with Crippen molar-refractivity contribution < 1.29 is 22.0 Å². The minimum Gasteiger partial charge on any atom is -0.424 e. The van der Waals surface area contributed by atoms with Gasteiger partial charge in [0.2, 0.25) is 27.7 Å². The van der Waals surface area contributed by atoms with Gasteiger partial charge in [0, 0.05) is 32.1 Å². The Morgan fingerprint density at radius 1 is 1.10 bits per heavy atom. The summed E-state index contributed by atoms with van der Waals surface area (Å²) in [5, 5.41) is 8.05. The van der Waals surface area contributed by atoms with Crippen LogP contribution in [0.1, 0.15) is 43.4 Å². The van der Waals surface area contributed by atoms with Crippen molar-refractivity contribution in [3.8, 4) is 0 Å². The molecule has 0 saturated carbocycles. The first-order chi connectivity index (χ1) is 13.9. The highest BCUT2D eigenvalue weighted by Gasteiger charge is 2.33. The Balaban J connectivity index is 1.37. The van der Waals surface area contributed by atoms with Gasteiger partial charge in [-0.2, -0.15) is 4.31 Å². The monoisotopic (exact) mass is 422 g/mol. The number of likely N-dealkylation sites (tertiary alicyclic amines) is 1. The normalized spacial score (nSPS) is 19.0. The number of carbonyl (C=O) groups excluding carboxylic acids is 1. The maximum absolute atomic E-state index is 13.9. The predicted molar refractivity (Wildman–Crippen MR) is 101 cm³/mol. The lowest BCUT2D eigenvalue weighted by atomic mass is 9.98. The van der Waals surface area contributed by atoms with Crippen LogP contribution in [0.3, 0.4) is 0 Å². The van der Waals surface area contributed by atoms with Crippen molar-refractivity contribution in [2.24, 2.45) is 0 Å². The van der Waals surface area contributed by atoms with Crippen molar-refractivity contribution in [2.45, 2.75) is 42.9 Å². The average Bonchev–Trinajstić information content (AvgIpc) is 3.40. The fourth-order valence-corrected chi connectivity index (χ4v) is 5.38. The molecule has 29 heavy (non-hydrogen) atoms. The van der Waals surface area contributed by atoms with E-state index in [0.717, 1.165) is 32.0 Å². The van der Waals surface area contributed by atoms with Crippen LogP contribution in [-0.4, -0.2) is 59.9 Å². The molecule has 2 aliphatic heterocycles. The summed E-state index contributed by atoms with van der Waals surface area (Å²) >= 11 is 0. The van der Waals surface area contributed by atoms with Gasteiger partial charge in [-0.05, 0) is 37.8 Å². The summed E-state index contributed by atoms with van der Waals surface area (Å²) in [5.74, 6) is -0.122. The molecule has 2 aliphatic rings. The van der Waals surface area contributed by atoms with Crippen molar-refractivity contribution in [1.29, 1.82) is 0 Å². The smallest absolute Gasteiger partial charge is 0.245 e. The molecule has 2 saturated heterocycles. The lowest BCUT2D eigenvalue weighted by Gasteiger charge is -2.29. The highest BCUT2D eigenvalue weighted by Crippen LogP contribution is 2.30. The summed E-state index contributed by atoms with van der Waals surface area (Å²) in [5.41, 5.74) is 0. The van der Waals surface area contributed by atoms with E-state index in [4.69, 9.17) is 4.42 Å². The van der Waals surface area contributed by atoms with Crippen LogP contribution in [0.15, 0.2) is 33.6 Å². The SMILES string of the molecule is O=C(Cc1nnc(C2CCN(S(=O)(=O)c3ccccc3F)CC2)o1)N1CCCC1. The molecule has 0 spiro atoms. The molecule has 0 atom stereocenters. The molecule has 0 aliphatic carbocycles. The number of carbonyl (C=O) groups is 1. The number of hydrogen-bond acceptors (Lipinski definition) is 6. The first-order valence-corrected chi connectivity index (χ1v) is 11.2. The molecule has 2 fully saturated rings. The highest BCUT2D eigenvalue weighted by molar-refractivity contribution is 7.89. The van der Waals surface area contributed by atoms with Crippen LogP contribution in [0.2, 0.25) is 0 Å². The number of halogens is 1. The molecule has 156 valence electrons. The third kappa shape index (κ3) is 4.18. The predicted octanol–water partition coefficient (Wildman–Crippen LogP) is 1.94. The van der Waals surface area contributed by atoms with Crippen LogP contribution in [0.4, 0.5) is 4.39 Å². The molecule has 1 aromatic heterocycles. The van der Waals surface area contributed by atoms with Crippen LogP contribution in [0.25, 0.3) is 0 Å². The third-order valence-electron chi connectivity index (χ3n) is 5.50. The molecule has 0 N–H and O–H groups in total. The number of amides is 1. The summed E-state index contributed by atoms with van der Waals surface area (Å²) in [6.45, 7) is 2.03. The van der Waals surface area contributed by atoms with Gasteiger partial charge in [-0.3, -0.25) is 4.79 Å². The molecular weight excluding hydrogens is 399 g/mol. The second-order valence-corrected chi connectivity index (χ2v) is 9.31. The zero-order chi connectivity index (χ0) is 20.4. The Morgan fingerprint density at radius 2 is 1.79 bits per heavy atom. The average molecular weight is 422 g/mol. The van der Waals surface area contributed by atoms with Gasteiger partial charge in [0.15, 0.2) is 0 Å². The third-order valence-corrected chi connectivity index (χ3v) is 7.43. The number of hydrogen-bond donors (Lipinski definition) is 0. The Kier molecular flexibility index (Phi) is 5.64. The van der Waals surface area contributed by atoms with Crippen molar-refractivity contribution in [1.82, 2.24) is 19.4 Å². The summed E-state index contributed by atoms with van der Waals surface area (Å²) < 4.78 is 46.3. The number of aromatic nitrogens is 2. The molecule has 1 amide bonds. The quantitative estimate of drug-likeness (QED) is 0.731. The first-order valence-electron chi connectivity index (χ1n) is 9.80. The minimum atomic E-state index is -3.88. The van der Waals surface area contributed by atoms with Gasteiger partial charge in [0.05, 0.1) is 0 Å². The maximum Gasteiger partial charge on any atom is 0.245 e. The molecule has 3 heterocycles. The van der Waals surface area contributed by atoms with Crippen molar-refractivity contribution in [3.63, 3.8) is 0 Å². The summed E-state index contributed by atoms with van der Waals surface area (Å²) in [7, 11) is -3.88. The van der Waals surface area contributed by atoms with Crippen molar-refractivity contribution >= 4 is 15.9 Å². The molecule has 0 unspecified atom stereocenters. The Hall–Kier alpha value is -2.33. The molecule has 0 bridgehead atoms. The Morgan fingerprint density at radius 3 is 2.48 bits per heavy atom. The molecule has 10 heteroatoms. The second kappa shape index (κ2) is 8.19. The van der Waals surface area contributed by atoms with E-state index >= 15 is 0 Å². The number of piperidine rings is 1. The van der Waals surface area contributed by atoms with Crippen molar-refractivity contribution in [2.75, 3.05) is 26.2 Å². The number of rotatable bonds is 5. The number of benzene rings is 1. The maximum atomic E-state index is 13.9. The van der Waals surface area contributed by atoms with E-state index in [0.29, 0.717) is 24.6 Å². The summed E-state index contributed by atoms with van der Waals surface area (Å²) in [6.07, 6.45) is 3.13. The second-order valence-electron chi connectivity index (χ2n) is 7.41.